The summed E-state index contributed by atoms with van der Waals surface area (Å²) in [7, 11) is 0. The molecule has 0 bridgehead atoms. The number of rotatable bonds is 12. The summed E-state index contributed by atoms with van der Waals surface area (Å²) >= 11 is 0. The van der Waals surface area contributed by atoms with Crippen LogP contribution in [0.2, 0.25) is 0 Å². The average molecular weight is 321 g/mol. The molecule has 0 saturated carbocycles. The summed E-state index contributed by atoms with van der Waals surface area (Å²) < 4.78 is 2.29. The highest BCUT2D eigenvalue weighted by molar-refractivity contribution is 5.19. The third-order valence-electron chi connectivity index (χ3n) is 5.57. The molecule has 0 spiro atoms. The standard InChI is InChI=1S/C21H40N2/c1-7-11-15-20(5,13-9-3)19-17-22-23(18-19)21(6,14-10-4)16-12-8-2/h17-18H,7-16H2,1-6H3. The van der Waals surface area contributed by atoms with E-state index in [4.69, 9.17) is 5.10 Å². The lowest BCUT2D eigenvalue weighted by molar-refractivity contribution is 0.234. The van der Waals surface area contributed by atoms with E-state index in [1.54, 1.807) is 0 Å². The summed E-state index contributed by atoms with van der Waals surface area (Å²) in [4.78, 5) is 0. The largest absolute Gasteiger partial charge is 0.267 e. The van der Waals surface area contributed by atoms with E-state index in [9.17, 15) is 0 Å². The van der Waals surface area contributed by atoms with Gasteiger partial charge in [0.25, 0.3) is 0 Å². The first-order valence-electron chi connectivity index (χ1n) is 10.0. The maximum absolute atomic E-state index is 4.83. The van der Waals surface area contributed by atoms with Crippen molar-refractivity contribution < 1.29 is 0 Å². The van der Waals surface area contributed by atoms with Gasteiger partial charge in [-0.15, -0.1) is 0 Å². The molecular weight excluding hydrogens is 280 g/mol. The third-order valence-corrected chi connectivity index (χ3v) is 5.57. The van der Waals surface area contributed by atoms with Crippen LogP contribution < -0.4 is 0 Å². The van der Waals surface area contributed by atoms with Crippen LogP contribution in [0, 0.1) is 0 Å². The van der Waals surface area contributed by atoms with Crippen LogP contribution in [-0.2, 0) is 11.0 Å². The fraction of sp³-hybridized carbons (Fsp3) is 0.857. The molecule has 1 rings (SSSR count). The number of hydrogen-bond donors (Lipinski definition) is 0. The highest BCUT2D eigenvalue weighted by Crippen LogP contribution is 2.36. The Bertz CT molecular complexity index is 398. The Balaban J connectivity index is 3.03. The van der Waals surface area contributed by atoms with E-state index in [1.165, 1.54) is 69.8 Å². The van der Waals surface area contributed by atoms with Crippen LogP contribution in [0.15, 0.2) is 12.4 Å². The second-order valence-corrected chi connectivity index (χ2v) is 7.94. The normalized spacial score (nSPS) is 17.0. The first-order chi connectivity index (χ1) is 11.0. The molecule has 2 unspecified atom stereocenters. The van der Waals surface area contributed by atoms with Gasteiger partial charge in [0.15, 0.2) is 0 Å². The van der Waals surface area contributed by atoms with Gasteiger partial charge in [-0.3, -0.25) is 4.68 Å². The van der Waals surface area contributed by atoms with Crippen LogP contribution in [0.5, 0.6) is 0 Å². The van der Waals surface area contributed by atoms with E-state index in [1.807, 2.05) is 0 Å². The molecule has 0 aliphatic heterocycles. The van der Waals surface area contributed by atoms with E-state index in [0.29, 0.717) is 5.41 Å². The zero-order chi connectivity index (χ0) is 17.3. The highest BCUT2D eigenvalue weighted by Gasteiger charge is 2.30. The van der Waals surface area contributed by atoms with Crippen LogP contribution in [0.25, 0.3) is 0 Å². The van der Waals surface area contributed by atoms with E-state index >= 15 is 0 Å². The quantitative estimate of drug-likeness (QED) is 0.412. The molecule has 0 saturated heterocycles. The maximum Gasteiger partial charge on any atom is 0.0599 e. The van der Waals surface area contributed by atoms with Gasteiger partial charge in [-0.1, -0.05) is 73.1 Å². The minimum absolute atomic E-state index is 0.181. The molecule has 0 amide bonds. The molecule has 2 atom stereocenters. The van der Waals surface area contributed by atoms with Crippen LogP contribution in [0.4, 0.5) is 0 Å². The maximum atomic E-state index is 4.83. The van der Waals surface area contributed by atoms with Gasteiger partial charge in [-0.05, 0) is 43.6 Å². The van der Waals surface area contributed by atoms with Crippen molar-refractivity contribution in [2.45, 2.75) is 117 Å². The van der Waals surface area contributed by atoms with Crippen molar-refractivity contribution in [2.24, 2.45) is 0 Å². The van der Waals surface area contributed by atoms with Crippen LogP contribution in [-0.4, -0.2) is 9.78 Å². The minimum Gasteiger partial charge on any atom is -0.267 e. The molecule has 0 aliphatic carbocycles. The molecule has 134 valence electrons. The van der Waals surface area contributed by atoms with Gasteiger partial charge in [-0.25, -0.2) is 0 Å². The molecule has 1 aromatic heterocycles. The molecule has 0 fully saturated rings. The van der Waals surface area contributed by atoms with Gasteiger partial charge in [0.2, 0.25) is 0 Å². The summed E-state index contributed by atoms with van der Waals surface area (Å²) in [5.41, 5.74) is 1.92. The van der Waals surface area contributed by atoms with Gasteiger partial charge in [0.1, 0.15) is 0 Å². The van der Waals surface area contributed by atoms with Gasteiger partial charge >= 0.3 is 0 Å². The zero-order valence-corrected chi connectivity index (χ0v) is 16.6. The van der Waals surface area contributed by atoms with Crippen molar-refractivity contribution in [1.82, 2.24) is 9.78 Å². The molecule has 2 nitrogen and oxygen atoms in total. The van der Waals surface area contributed by atoms with E-state index in [0.717, 1.165) is 0 Å². The fourth-order valence-electron chi connectivity index (χ4n) is 3.91. The predicted molar refractivity (Wildman–Crippen MR) is 102 cm³/mol. The van der Waals surface area contributed by atoms with Gasteiger partial charge in [0, 0.05) is 6.20 Å². The zero-order valence-electron chi connectivity index (χ0n) is 16.6. The van der Waals surface area contributed by atoms with Crippen molar-refractivity contribution in [3.8, 4) is 0 Å². The second-order valence-electron chi connectivity index (χ2n) is 7.94. The number of aromatic nitrogens is 2. The van der Waals surface area contributed by atoms with Crippen LogP contribution in [0.1, 0.15) is 111 Å². The SMILES string of the molecule is CCCCC(C)(CCC)c1cnn(C(C)(CCC)CCCC)c1. The van der Waals surface area contributed by atoms with E-state index in [2.05, 4.69) is 58.6 Å². The van der Waals surface area contributed by atoms with Gasteiger partial charge in [0.05, 0.1) is 11.7 Å². The van der Waals surface area contributed by atoms with Crippen molar-refractivity contribution in [2.75, 3.05) is 0 Å². The molecular formula is C21H40N2. The molecule has 23 heavy (non-hydrogen) atoms. The number of hydrogen-bond acceptors (Lipinski definition) is 1. The van der Waals surface area contributed by atoms with E-state index in [-0.39, 0.29) is 5.54 Å². The smallest absolute Gasteiger partial charge is 0.0599 e. The second kappa shape index (κ2) is 9.49. The molecule has 0 radical (unpaired) electrons. The van der Waals surface area contributed by atoms with Crippen molar-refractivity contribution in [3.05, 3.63) is 18.0 Å². The monoisotopic (exact) mass is 320 g/mol. The average Bonchev–Trinajstić information content (AvgIpc) is 3.03. The Morgan fingerprint density at radius 3 is 2.00 bits per heavy atom. The minimum atomic E-state index is 0.181. The molecule has 0 N–H and O–H groups in total. The Kier molecular flexibility index (Phi) is 8.36. The summed E-state index contributed by atoms with van der Waals surface area (Å²) in [5, 5.41) is 4.83. The first kappa shape index (κ1) is 20.3. The lowest BCUT2D eigenvalue weighted by Gasteiger charge is -2.31. The number of unbranched alkanes of at least 4 members (excludes halogenated alkanes) is 2. The number of nitrogens with zero attached hydrogens (tertiary/aromatic N) is 2. The molecule has 1 heterocycles. The summed E-state index contributed by atoms with van der Waals surface area (Å²) in [5.74, 6) is 0. The Labute approximate surface area is 145 Å². The van der Waals surface area contributed by atoms with Crippen molar-refractivity contribution in [3.63, 3.8) is 0 Å². The van der Waals surface area contributed by atoms with E-state index < -0.39 is 0 Å². The van der Waals surface area contributed by atoms with Crippen LogP contribution >= 0.6 is 0 Å². The van der Waals surface area contributed by atoms with Gasteiger partial charge < -0.3 is 0 Å². The lowest BCUT2D eigenvalue weighted by Crippen LogP contribution is -2.31. The van der Waals surface area contributed by atoms with Gasteiger partial charge in [-0.2, -0.15) is 5.10 Å². The fourth-order valence-corrected chi connectivity index (χ4v) is 3.91. The highest BCUT2D eigenvalue weighted by atomic mass is 15.3. The molecule has 0 aromatic carbocycles. The summed E-state index contributed by atoms with van der Waals surface area (Å²) in [6, 6.07) is 0. The Hall–Kier alpha value is -0.790. The lowest BCUT2D eigenvalue weighted by atomic mass is 9.76. The molecule has 1 aromatic rings. The summed E-state index contributed by atoms with van der Waals surface area (Å²) in [6.45, 7) is 14.0. The molecule has 0 aliphatic rings. The molecule has 2 heteroatoms. The van der Waals surface area contributed by atoms with Crippen LogP contribution in [0.3, 0.4) is 0 Å². The van der Waals surface area contributed by atoms with Crippen molar-refractivity contribution >= 4 is 0 Å². The Morgan fingerprint density at radius 1 is 0.826 bits per heavy atom. The Morgan fingerprint density at radius 2 is 1.43 bits per heavy atom. The van der Waals surface area contributed by atoms with Crippen molar-refractivity contribution in [1.29, 1.82) is 0 Å². The first-order valence-corrected chi connectivity index (χ1v) is 10.0. The summed E-state index contributed by atoms with van der Waals surface area (Å²) in [6.07, 6.45) is 17.1. The third kappa shape index (κ3) is 5.36. The topological polar surface area (TPSA) is 17.8 Å². The predicted octanol–water partition coefficient (Wildman–Crippen LogP) is 6.84.